The molecule has 0 heterocycles. The highest BCUT2D eigenvalue weighted by atomic mass is 19.1. The Morgan fingerprint density at radius 2 is 1.88 bits per heavy atom. The summed E-state index contributed by atoms with van der Waals surface area (Å²) in [6.45, 7) is 7.55. The van der Waals surface area contributed by atoms with Crippen LogP contribution in [0.4, 0.5) is 4.39 Å². The Morgan fingerprint density at radius 1 is 1.31 bits per heavy atom. The maximum absolute atomic E-state index is 13.8. The summed E-state index contributed by atoms with van der Waals surface area (Å²) < 4.78 is 13.8. The standard InChI is InChI=1S/C13H20FNO/c1-8(15)12(16)9-5-6-10(11(14)7-9)13(2,3)4/h5-8,12,16H,15H2,1-4H3. The average Bonchev–Trinajstić information content (AvgIpc) is 2.14. The molecular formula is C13H20FNO. The van der Waals surface area contributed by atoms with Crippen molar-refractivity contribution in [2.75, 3.05) is 0 Å². The first kappa shape index (κ1) is 13.1. The molecule has 0 saturated heterocycles. The molecule has 0 bridgehead atoms. The molecule has 0 spiro atoms. The largest absolute Gasteiger partial charge is 0.387 e. The predicted octanol–water partition coefficient (Wildman–Crippen LogP) is 2.50. The van der Waals surface area contributed by atoms with Gasteiger partial charge in [-0.3, -0.25) is 0 Å². The number of rotatable bonds is 2. The molecule has 1 aromatic carbocycles. The fraction of sp³-hybridized carbons (Fsp3) is 0.538. The number of aliphatic hydroxyl groups excluding tert-OH is 1. The van der Waals surface area contributed by atoms with Crippen LogP contribution in [0.3, 0.4) is 0 Å². The van der Waals surface area contributed by atoms with Crippen molar-refractivity contribution in [3.63, 3.8) is 0 Å². The van der Waals surface area contributed by atoms with Crippen molar-refractivity contribution >= 4 is 0 Å². The second-order valence-electron chi connectivity index (χ2n) is 5.29. The van der Waals surface area contributed by atoms with Gasteiger partial charge in [-0.25, -0.2) is 4.39 Å². The molecule has 0 aliphatic heterocycles. The lowest BCUT2D eigenvalue weighted by atomic mass is 9.85. The van der Waals surface area contributed by atoms with Gasteiger partial charge in [-0.15, -0.1) is 0 Å². The molecule has 0 aliphatic rings. The molecule has 0 saturated carbocycles. The highest BCUT2D eigenvalue weighted by Crippen LogP contribution is 2.27. The molecule has 0 amide bonds. The number of nitrogens with two attached hydrogens (primary N) is 1. The van der Waals surface area contributed by atoms with Crippen LogP contribution in [0, 0.1) is 5.82 Å². The first-order valence-corrected chi connectivity index (χ1v) is 5.47. The molecule has 2 nitrogen and oxygen atoms in total. The van der Waals surface area contributed by atoms with Crippen molar-refractivity contribution in [1.29, 1.82) is 0 Å². The predicted molar refractivity (Wildman–Crippen MR) is 63.7 cm³/mol. The van der Waals surface area contributed by atoms with Crippen LogP contribution in [-0.4, -0.2) is 11.1 Å². The van der Waals surface area contributed by atoms with E-state index in [-0.39, 0.29) is 11.2 Å². The summed E-state index contributed by atoms with van der Waals surface area (Å²) in [6, 6.07) is 4.42. The SMILES string of the molecule is CC(N)C(O)c1ccc(C(C)(C)C)c(F)c1. The Morgan fingerprint density at radius 3 is 2.25 bits per heavy atom. The van der Waals surface area contributed by atoms with Crippen LogP contribution < -0.4 is 5.73 Å². The minimum absolute atomic E-state index is 0.234. The van der Waals surface area contributed by atoms with E-state index in [4.69, 9.17) is 5.73 Å². The zero-order valence-corrected chi connectivity index (χ0v) is 10.3. The van der Waals surface area contributed by atoms with Crippen molar-refractivity contribution < 1.29 is 9.50 Å². The Bertz CT molecular complexity index is 369. The fourth-order valence-corrected chi connectivity index (χ4v) is 1.63. The highest BCUT2D eigenvalue weighted by Gasteiger charge is 2.20. The molecule has 1 aromatic rings. The topological polar surface area (TPSA) is 46.2 Å². The Balaban J connectivity index is 3.09. The van der Waals surface area contributed by atoms with Crippen molar-refractivity contribution in [2.24, 2.45) is 5.73 Å². The summed E-state index contributed by atoms with van der Waals surface area (Å²) in [7, 11) is 0. The lowest BCUT2D eigenvalue weighted by Gasteiger charge is -2.22. The van der Waals surface area contributed by atoms with Gasteiger partial charge in [0.2, 0.25) is 0 Å². The molecule has 0 radical (unpaired) electrons. The number of hydrogen-bond acceptors (Lipinski definition) is 2. The number of benzene rings is 1. The van der Waals surface area contributed by atoms with E-state index in [1.165, 1.54) is 6.07 Å². The highest BCUT2D eigenvalue weighted by molar-refractivity contribution is 5.30. The average molecular weight is 225 g/mol. The molecule has 3 heteroatoms. The molecule has 3 N–H and O–H groups in total. The van der Waals surface area contributed by atoms with Crippen molar-refractivity contribution in [1.82, 2.24) is 0 Å². The second kappa shape index (κ2) is 4.52. The van der Waals surface area contributed by atoms with Crippen LogP contribution in [0.2, 0.25) is 0 Å². The van der Waals surface area contributed by atoms with E-state index in [2.05, 4.69) is 0 Å². The van der Waals surface area contributed by atoms with E-state index in [1.54, 1.807) is 19.1 Å². The zero-order valence-electron chi connectivity index (χ0n) is 10.3. The Kier molecular flexibility index (Phi) is 3.71. The first-order valence-electron chi connectivity index (χ1n) is 5.47. The van der Waals surface area contributed by atoms with Gasteiger partial charge >= 0.3 is 0 Å². The smallest absolute Gasteiger partial charge is 0.127 e. The van der Waals surface area contributed by atoms with E-state index in [0.29, 0.717) is 11.1 Å². The van der Waals surface area contributed by atoms with Gasteiger partial charge in [0.1, 0.15) is 5.82 Å². The molecule has 0 fully saturated rings. The number of hydrogen-bond donors (Lipinski definition) is 2. The Hall–Kier alpha value is -0.930. The van der Waals surface area contributed by atoms with Gasteiger partial charge in [0.05, 0.1) is 6.10 Å². The molecular weight excluding hydrogens is 205 g/mol. The summed E-state index contributed by atoms with van der Waals surface area (Å²) in [5, 5.41) is 9.72. The van der Waals surface area contributed by atoms with Crippen LogP contribution in [0.5, 0.6) is 0 Å². The van der Waals surface area contributed by atoms with E-state index in [9.17, 15) is 9.50 Å². The van der Waals surface area contributed by atoms with Crippen molar-refractivity contribution in [3.8, 4) is 0 Å². The third-order valence-corrected chi connectivity index (χ3v) is 2.64. The lowest BCUT2D eigenvalue weighted by molar-refractivity contribution is 0.153. The maximum Gasteiger partial charge on any atom is 0.127 e. The first-order chi connectivity index (χ1) is 7.23. The molecule has 0 aliphatic carbocycles. The molecule has 16 heavy (non-hydrogen) atoms. The van der Waals surface area contributed by atoms with E-state index >= 15 is 0 Å². The molecule has 2 unspecified atom stereocenters. The monoisotopic (exact) mass is 225 g/mol. The van der Waals surface area contributed by atoms with Crippen molar-refractivity contribution in [2.45, 2.75) is 45.3 Å². The van der Waals surface area contributed by atoms with E-state index in [1.807, 2.05) is 20.8 Å². The van der Waals surface area contributed by atoms with Gasteiger partial charge in [-0.1, -0.05) is 32.9 Å². The van der Waals surface area contributed by atoms with Crippen molar-refractivity contribution in [3.05, 3.63) is 35.1 Å². The van der Waals surface area contributed by atoms with Crippen LogP contribution in [0.15, 0.2) is 18.2 Å². The van der Waals surface area contributed by atoms with Gasteiger partial charge in [-0.05, 0) is 29.5 Å². The van der Waals surface area contributed by atoms with Crippen LogP contribution in [0.1, 0.15) is 44.9 Å². The normalized spacial score (nSPS) is 15.9. The summed E-state index contributed by atoms with van der Waals surface area (Å²) in [6.07, 6.45) is -0.816. The van der Waals surface area contributed by atoms with Gasteiger partial charge in [-0.2, -0.15) is 0 Å². The van der Waals surface area contributed by atoms with Crippen LogP contribution in [-0.2, 0) is 5.41 Å². The minimum atomic E-state index is -0.816. The van der Waals surface area contributed by atoms with Gasteiger partial charge in [0.25, 0.3) is 0 Å². The summed E-state index contributed by atoms with van der Waals surface area (Å²) >= 11 is 0. The molecule has 2 atom stereocenters. The summed E-state index contributed by atoms with van der Waals surface area (Å²) in [5.74, 6) is -0.287. The fourth-order valence-electron chi connectivity index (χ4n) is 1.63. The maximum atomic E-state index is 13.8. The van der Waals surface area contributed by atoms with E-state index < -0.39 is 12.1 Å². The van der Waals surface area contributed by atoms with Gasteiger partial charge in [0, 0.05) is 6.04 Å². The van der Waals surface area contributed by atoms with Crippen LogP contribution in [0.25, 0.3) is 0 Å². The number of aliphatic hydroxyl groups is 1. The van der Waals surface area contributed by atoms with Crippen LogP contribution >= 0.6 is 0 Å². The molecule has 90 valence electrons. The number of halogens is 1. The van der Waals surface area contributed by atoms with E-state index in [0.717, 1.165) is 0 Å². The summed E-state index contributed by atoms with van der Waals surface area (Å²) in [4.78, 5) is 0. The quantitative estimate of drug-likeness (QED) is 0.812. The second-order valence-corrected chi connectivity index (χ2v) is 5.29. The summed E-state index contributed by atoms with van der Waals surface area (Å²) in [5.41, 5.74) is 6.51. The third-order valence-electron chi connectivity index (χ3n) is 2.64. The third kappa shape index (κ3) is 2.80. The van der Waals surface area contributed by atoms with Gasteiger partial charge < -0.3 is 10.8 Å². The Labute approximate surface area is 96.3 Å². The zero-order chi connectivity index (χ0) is 12.5. The molecule has 1 rings (SSSR count). The minimum Gasteiger partial charge on any atom is -0.387 e. The molecule has 0 aromatic heterocycles. The van der Waals surface area contributed by atoms with Gasteiger partial charge in [0.15, 0.2) is 0 Å². The lowest BCUT2D eigenvalue weighted by Crippen LogP contribution is -2.24.